The second-order valence-corrected chi connectivity index (χ2v) is 13.3. The Labute approximate surface area is 351 Å². The summed E-state index contributed by atoms with van der Waals surface area (Å²) in [6.07, 6.45) is 5.03. The molecule has 0 amide bonds. The van der Waals surface area contributed by atoms with E-state index in [-0.39, 0.29) is 53.2 Å². The average molecular weight is 890 g/mol. The Morgan fingerprint density at radius 1 is 0.767 bits per heavy atom. The highest BCUT2D eigenvalue weighted by Gasteiger charge is 2.27. The van der Waals surface area contributed by atoms with E-state index in [9.17, 15) is 28.6 Å². The van der Waals surface area contributed by atoms with Gasteiger partial charge in [-0.3, -0.25) is 0 Å². The Kier molecular flexibility index (Phi) is 15.8. The van der Waals surface area contributed by atoms with Crippen LogP contribution in [0.4, 0.5) is 20.2 Å². The summed E-state index contributed by atoms with van der Waals surface area (Å²) in [4.78, 5) is 39.0. The van der Waals surface area contributed by atoms with Gasteiger partial charge in [0.1, 0.15) is 11.4 Å². The minimum atomic E-state index is -1.64. The van der Waals surface area contributed by atoms with Gasteiger partial charge >= 0.3 is 11.9 Å². The number of hydrogen-bond acceptors (Lipinski definition) is 16. The predicted molar refractivity (Wildman–Crippen MR) is 218 cm³/mol. The van der Waals surface area contributed by atoms with Crippen LogP contribution in [0.2, 0.25) is 0 Å². The lowest BCUT2D eigenvalue weighted by atomic mass is 10.0. The zero-order chi connectivity index (χ0) is 43.7. The standard InChI is InChI=1S/C20H17FN4O4.C13H10BrFN2O2.C7H8N2O2.CH4/c1-11-23-19(25-29-11)20(2,27)8-7-12-5-4-6-13(9-12)16-14(21)10-15(22)17(24-16)18(26)28-3;1-19-13(18)12-10(16)6-9(15)11(17-12)7-3-2-4-8(14)5-7;1-4-7(3,10)6-8-5(2)11-9-6;/h4-6,9-10,27H,22H2,1-3H3;2-6H,16H2,1H3;1,10H,2-3H3;1H4/t20-;;7-;/m1.1./s1. The number of hydrogen-bond donors (Lipinski definition) is 4. The van der Waals surface area contributed by atoms with Gasteiger partial charge in [-0.1, -0.05) is 75.7 Å². The number of benzene rings is 2. The van der Waals surface area contributed by atoms with Crippen LogP contribution in [-0.4, -0.2) is 66.6 Å². The molecule has 6 rings (SSSR count). The monoisotopic (exact) mass is 888 g/mol. The molecule has 0 aliphatic heterocycles. The molecule has 0 fully saturated rings. The summed E-state index contributed by atoms with van der Waals surface area (Å²) in [6, 6.07) is 15.5. The van der Waals surface area contributed by atoms with E-state index in [1.807, 2.05) is 0 Å². The summed E-state index contributed by atoms with van der Waals surface area (Å²) >= 11 is 3.29. The SMILES string of the molecule is C.C#C[C@@](C)(O)c1noc(C)n1.COC(=O)c1nc(-c2cccc(Br)c2)c(F)cc1N.COC(=O)c1nc(-c2cccc(C#C[C@@](C)(O)c3noc(C)n3)c2)c(F)cc1N. The van der Waals surface area contributed by atoms with Gasteiger partial charge in [0.05, 0.1) is 25.6 Å². The number of anilines is 2. The Bertz CT molecular complexity index is 2610. The second kappa shape index (κ2) is 20.1. The van der Waals surface area contributed by atoms with Crippen LogP contribution in [0.3, 0.4) is 0 Å². The number of carbonyl (C=O) groups is 2. The van der Waals surface area contributed by atoms with Crippen molar-refractivity contribution in [2.75, 3.05) is 25.7 Å². The molecule has 0 aliphatic carbocycles. The fourth-order valence-electron chi connectivity index (χ4n) is 4.62. The Morgan fingerprint density at radius 2 is 1.22 bits per heavy atom. The topological polar surface area (TPSA) is 249 Å². The number of esters is 2. The fraction of sp³-hybridized carbons (Fsp3) is 0.220. The van der Waals surface area contributed by atoms with Crippen molar-refractivity contribution in [3.8, 4) is 46.7 Å². The summed E-state index contributed by atoms with van der Waals surface area (Å²) in [5, 5.41) is 27.0. The molecule has 60 heavy (non-hydrogen) atoms. The average Bonchev–Trinajstić information content (AvgIpc) is 3.86. The molecule has 0 bridgehead atoms. The van der Waals surface area contributed by atoms with Crippen LogP contribution in [-0.2, 0) is 20.7 Å². The van der Waals surface area contributed by atoms with Crippen molar-refractivity contribution in [3.05, 3.63) is 117 Å². The van der Waals surface area contributed by atoms with Gasteiger partial charge < -0.3 is 40.2 Å². The first-order valence-corrected chi connectivity index (χ1v) is 17.6. The van der Waals surface area contributed by atoms with Gasteiger partial charge in [0.25, 0.3) is 0 Å². The number of nitrogen functional groups attached to an aromatic ring is 2. The van der Waals surface area contributed by atoms with Crippen LogP contribution in [0.25, 0.3) is 22.5 Å². The van der Waals surface area contributed by atoms with Crippen molar-refractivity contribution in [1.82, 2.24) is 30.2 Å². The third-order valence-electron chi connectivity index (χ3n) is 7.66. The minimum Gasteiger partial charge on any atom is -0.464 e. The van der Waals surface area contributed by atoms with E-state index >= 15 is 0 Å². The molecule has 0 aliphatic rings. The lowest BCUT2D eigenvalue weighted by Crippen LogP contribution is -2.20. The van der Waals surface area contributed by atoms with Crippen molar-refractivity contribution in [2.24, 2.45) is 0 Å². The number of halogens is 3. The predicted octanol–water partition coefficient (Wildman–Crippen LogP) is 6.08. The number of aryl methyl sites for hydroxylation is 2. The Hall–Kier alpha value is -7.06. The van der Waals surface area contributed by atoms with E-state index in [1.54, 1.807) is 62.4 Å². The smallest absolute Gasteiger partial charge is 0.358 e. The number of ether oxygens (including phenoxy) is 2. The van der Waals surface area contributed by atoms with Crippen molar-refractivity contribution in [1.29, 1.82) is 0 Å². The van der Waals surface area contributed by atoms with Crippen molar-refractivity contribution in [2.45, 2.75) is 46.3 Å². The van der Waals surface area contributed by atoms with Crippen LogP contribution in [0, 0.1) is 49.7 Å². The van der Waals surface area contributed by atoms with E-state index in [0.29, 0.717) is 28.5 Å². The van der Waals surface area contributed by atoms with Crippen LogP contribution >= 0.6 is 15.9 Å². The summed E-state index contributed by atoms with van der Waals surface area (Å²) in [5.41, 5.74) is 9.04. The maximum absolute atomic E-state index is 14.4. The number of nitrogens with zero attached hydrogens (tertiary/aromatic N) is 6. The summed E-state index contributed by atoms with van der Waals surface area (Å²) < 4.78 is 47.8. The van der Waals surface area contributed by atoms with Gasteiger partial charge in [0.2, 0.25) is 23.4 Å². The summed E-state index contributed by atoms with van der Waals surface area (Å²) in [7, 11) is 2.39. The molecule has 6 N–H and O–H groups in total. The van der Waals surface area contributed by atoms with Crippen LogP contribution in [0.15, 0.2) is 74.2 Å². The zero-order valence-corrected chi connectivity index (χ0v) is 33.8. The molecule has 0 saturated carbocycles. The van der Waals surface area contributed by atoms with Crippen LogP contribution < -0.4 is 11.5 Å². The lowest BCUT2D eigenvalue weighted by Gasteiger charge is -2.10. The number of terminal acetylenes is 1. The van der Waals surface area contributed by atoms with E-state index in [4.69, 9.17) is 22.4 Å². The van der Waals surface area contributed by atoms with Gasteiger partial charge in [-0.25, -0.2) is 28.3 Å². The normalized spacial score (nSPS) is 12.2. The van der Waals surface area contributed by atoms with Gasteiger partial charge in [-0.05, 0) is 38.1 Å². The maximum Gasteiger partial charge on any atom is 0.358 e. The van der Waals surface area contributed by atoms with Gasteiger partial charge in [0, 0.05) is 47.1 Å². The molecular weight excluding hydrogens is 850 g/mol. The van der Waals surface area contributed by atoms with Gasteiger partial charge in [-0.2, -0.15) is 9.97 Å². The third-order valence-corrected chi connectivity index (χ3v) is 8.15. The van der Waals surface area contributed by atoms with Crippen molar-refractivity contribution < 1.29 is 47.1 Å². The van der Waals surface area contributed by atoms with E-state index in [2.05, 4.69) is 77.9 Å². The number of aliphatic hydroxyl groups is 2. The molecule has 4 heterocycles. The number of nitrogens with two attached hydrogens (primary N) is 2. The molecule has 2 aromatic carbocycles. The first-order valence-electron chi connectivity index (χ1n) is 16.8. The fourth-order valence-corrected chi connectivity index (χ4v) is 5.02. The van der Waals surface area contributed by atoms with Gasteiger partial charge in [0.15, 0.2) is 34.2 Å². The number of aromatic nitrogens is 6. The zero-order valence-electron chi connectivity index (χ0n) is 32.2. The molecule has 312 valence electrons. The Morgan fingerprint density at radius 3 is 1.63 bits per heavy atom. The molecule has 4 aromatic heterocycles. The number of carbonyl (C=O) groups excluding carboxylic acids is 2. The Balaban J connectivity index is 0.000000265. The van der Waals surface area contributed by atoms with Gasteiger partial charge in [-0.15, -0.1) is 6.42 Å². The molecule has 0 radical (unpaired) electrons. The first kappa shape index (κ1) is 47.3. The largest absolute Gasteiger partial charge is 0.464 e. The highest BCUT2D eigenvalue weighted by atomic mass is 79.9. The highest BCUT2D eigenvalue weighted by molar-refractivity contribution is 9.10. The molecule has 0 spiro atoms. The molecule has 6 aromatic rings. The van der Waals surface area contributed by atoms with Crippen molar-refractivity contribution in [3.63, 3.8) is 0 Å². The minimum absolute atomic E-state index is 0. The van der Waals surface area contributed by atoms with E-state index in [0.717, 1.165) is 16.6 Å². The number of methoxy groups -OCH3 is 2. The summed E-state index contributed by atoms with van der Waals surface area (Å²) in [6.45, 7) is 6.08. The third kappa shape index (κ3) is 11.8. The van der Waals surface area contributed by atoms with Crippen LogP contribution in [0.5, 0.6) is 0 Å². The molecular formula is C41H39BrF2N8O8. The van der Waals surface area contributed by atoms with E-state index < -0.39 is 34.8 Å². The highest BCUT2D eigenvalue weighted by Crippen LogP contribution is 2.28. The number of pyridine rings is 2. The van der Waals surface area contributed by atoms with Crippen LogP contribution in [0.1, 0.15) is 71.2 Å². The summed E-state index contributed by atoms with van der Waals surface area (Å²) in [5.74, 6) is 5.67. The molecule has 19 heteroatoms. The first-order chi connectivity index (χ1) is 27.8. The quantitative estimate of drug-likeness (QED) is 0.109. The number of rotatable bonds is 6. The second-order valence-electron chi connectivity index (χ2n) is 12.4. The molecule has 2 atom stereocenters. The molecule has 16 nitrogen and oxygen atoms in total. The lowest BCUT2D eigenvalue weighted by molar-refractivity contribution is 0.0586. The maximum atomic E-state index is 14.4. The molecule has 0 unspecified atom stereocenters. The molecule has 0 saturated heterocycles. The van der Waals surface area contributed by atoms with E-state index in [1.165, 1.54) is 28.1 Å². The van der Waals surface area contributed by atoms with Crippen molar-refractivity contribution >= 4 is 39.2 Å².